The molecule has 0 aromatic heterocycles. The van der Waals surface area contributed by atoms with E-state index in [0.717, 1.165) is 0 Å². The zero-order chi connectivity index (χ0) is 9.41. The summed E-state index contributed by atoms with van der Waals surface area (Å²) in [5.41, 5.74) is -1.26. The van der Waals surface area contributed by atoms with E-state index in [9.17, 15) is 8.78 Å². The molecular weight excluding hydrogens is 164 g/mol. The number of aliphatic hydroxyl groups excluding tert-OH is 1. The van der Waals surface area contributed by atoms with Crippen LogP contribution >= 0.6 is 0 Å². The third-order valence-electron chi connectivity index (χ3n) is 2.66. The molecule has 1 saturated heterocycles. The molecule has 1 fully saturated rings. The lowest BCUT2D eigenvalue weighted by atomic mass is 9.79. The number of hydrogen-bond donors (Lipinski definition) is 1. The molecule has 2 nitrogen and oxygen atoms in total. The van der Waals surface area contributed by atoms with Crippen LogP contribution in [0.3, 0.4) is 0 Å². The molecule has 0 amide bonds. The second-order valence-electron chi connectivity index (χ2n) is 3.91. The van der Waals surface area contributed by atoms with Crippen LogP contribution in [0.4, 0.5) is 8.78 Å². The highest BCUT2D eigenvalue weighted by Crippen LogP contribution is 2.42. The molecule has 1 aliphatic heterocycles. The van der Waals surface area contributed by atoms with Gasteiger partial charge in [0.25, 0.3) is 5.92 Å². The number of likely N-dealkylation sites (tertiary alicyclic amines) is 1. The van der Waals surface area contributed by atoms with Gasteiger partial charge in [0.15, 0.2) is 0 Å². The van der Waals surface area contributed by atoms with Crippen LogP contribution in [0.1, 0.15) is 13.3 Å². The van der Waals surface area contributed by atoms with E-state index >= 15 is 0 Å². The van der Waals surface area contributed by atoms with Crippen LogP contribution in [-0.4, -0.2) is 42.7 Å². The van der Waals surface area contributed by atoms with Crippen LogP contribution in [-0.2, 0) is 0 Å². The lowest BCUT2D eigenvalue weighted by molar-refractivity contribution is -0.171. The Bertz CT molecular complexity index is 174. The monoisotopic (exact) mass is 179 g/mol. The quantitative estimate of drug-likeness (QED) is 0.648. The van der Waals surface area contributed by atoms with Crippen LogP contribution in [0.2, 0.25) is 0 Å². The lowest BCUT2D eigenvalue weighted by Crippen LogP contribution is -2.54. The molecule has 0 radical (unpaired) electrons. The summed E-state index contributed by atoms with van der Waals surface area (Å²) in [6.07, 6.45) is -0.152. The SMILES string of the molecule is CN1CCC(F)(F)C(C)(CO)C1. The van der Waals surface area contributed by atoms with E-state index < -0.39 is 17.9 Å². The second kappa shape index (κ2) is 2.92. The number of alkyl halides is 2. The third kappa shape index (κ3) is 1.45. The summed E-state index contributed by atoms with van der Waals surface area (Å²) in [6, 6.07) is 0. The normalized spacial score (nSPS) is 36.8. The Kier molecular flexibility index (Phi) is 2.40. The van der Waals surface area contributed by atoms with E-state index in [1.165, 1.54) is 6.92 Å². The summed E-state index contributed by atoms with van der Waals surface area (Å²) in [6.45, 7) is 1.64. The van der Waals surface area contributed by atoms with Crippen molar-refractivity contribution in [2.45, 2.75) is 19.3 Å². The van der Waals surface area contributed by atoms with Crippen molar-refractivity contribution in [3.63, 3.8) is 0 Å². The minimum Gasteiger partial charge on any atom is -0.396 e. The molecule has 72 valence electrons. The van der Waals surface area contributed by atoms with Crippen molar-refractivity contribution in [1.29, 1.82) is 0 Å². The van der Waals surface area contributed by atoms with E-state index in [2.05, 4.69) is 0 Å². The van der Waals surface area contributed by atoms with Gasteiger partial charge in [-0.25, -0.2) is 8.78 Å². The van der Waals surface area contributed by atoms with Crippen molar-refractivity contribution in [1.82, 2.24) is 4.90 Å². The molecule has 1 N–H and O–H groups in total. The predicted octanol–water partition coefficient (Wildman–Crippen LogP) is 0.956. The first kappa shape index (κ1) is 9.86. The zero-order valence-corrected chi connectivity index (χ0v) is 7.48. The van der Waals surface area contributed by atoms with E-state index in [-0.39, 0.29) is 13.0 Å². The maximum atomic E-state index is 13.2. The summed E-state index contributed by atoms with van der Waals surface area (Å²) < 4.78 is 26.5. The molecule has 1 aliphatic rings. The maximum Gasteiger partial charge on any atom is 0.258 e. The maximum absolute atomic E-state index is 13.2. The molecule has 1 rings (SSSR count). The van der Waals surface area contributed by atoms with Gasteiger partial charge in [0.2, 0.25) is 0 Å². The topological polar surface area (TPSA) is 23.5 Å². The number of aliphatic hydroxyl groups is 1. The number of hydrogen-bond acceptors (Lipinski definition) is 2. The molecule has 4 heteroatoms. The van der Waals surface area contributed by atoms with Gasteiger partial charge < -0.3 is 10.0 Å². The lowest BCUT2D eigenvalue weighted by Gasteiger charge is -2.43. The fraction of sp³-hybridized carbons (Fsp3) is 1.00. The van der Waals surface area contributed by atoms with Crippen LogP contribution < -0.4 is 0 Å². The Labute approximate surface area is 71.2 Å². The number of halogens is 2. The van der Waals surface area contributed by atoms with E-state index in [0.29, 0.717) is 6.54 Å². The molecule has 0 saturated carbocycles. The van der Waals surface area contributed by atoms with E-state index in [4.69, 9.17) is 5.11 Å². The first-order chi connectivity index (χ1) is 5.41. The molecule has 0 bridgehead atoms. The van der Waals surface area contributed by atoms with E-state index in [1.54, 1.807) is 7.05 Å². The standard InChI is InChI=1S/C8H15F2NO/c1-7(6-12)5-11(2)4-3-8(7,9)10/h12H,3-6H2,1-2H3. The van der Waals surface area contributed by atoms with Crippen molar-refractivity contribution in [2.75, 3.05) is 26.7 Å². The molecule has 1 atom stereocenters. The summed E-state index contributed by atoms with van der Waals surface area (Å²) in [7, 11) is 1.79. The Morgan fingerprint density at radius 3 is 2.50 bits per heavy atom. The summed E-state index contributed by atoms with van der Waals surface area (Å²) in [5.74, 6) is -2.73. The number of piperidine rings is 1. The molecule has 0 aliphatic carbocycles. The van der Waals surface area contributed by atoms with Crippen LogP contribution in [0.25, 0.3) is 0 Å². The number of nitrogens with zero attached hydrogens (tertiary/aromatic N) is 1. The second-order valence-corrected chi connectivity index (χ2v) is 3.91. The van der Waals surface area contributed by atoms with Gasteiger partial charge in [-0.15, -0.1) is 0 Å². The summed E-state index contributed by atoms with van der Waals surface area (Å²) >= 11 is 0. The van der Waals surface area contributed by atoms with Gasteiger partial charge in [0, 0.05) is 19.5 Å². The van der Waals surface area contributed by atoms with Crippen molar-refractivity contribution < 1.29 is 13.9 Å². The molecular formula is C8H15F2NO. The molecule has 0 aromatic rings. The molecule has 0 aromatic carbocycles. The highest BCUT2D eigenvalue weighted by molar-refractivity contribution is 4.94. The van der Waals surface area contributed by atoms with Gasteiger partial charge in [-0.05, 0) is 7.05 Å². The molecule has 1 unspecified atom stereocenters. The first-order valence-corrected chi connectivity index (χ1v) is 4.08. The fourth-order valence-electron chi connectivity index (χ4n) is 1.59. The first-order valence-electron chi connectivity index (χ1n) is 4.08. The average molecular weight is 179 g/mol. The van der Waals surface area contributed by atoms with Crippen LogP contribution in [0.5, 0.6) is 0 Å². The average Bonchev–Trinajstić information content (AvgIpc) is 1.98. The van der Waals surface area contributed by atoms with E-state index in [1.807, 2.05) is 4.90 Å². The minimum atomic E-state index is -2.73. The van der Waals surface area contributed by atoms with Gasteiger partial charge in [-0.3, -0.25) is 0 Å². The van der Waals surface area contributed by atoms with Gasteiger partial charge in [0.05, 0.1) is 12.0 Å². The Hall–Kier alpha value is -0.220. The summed E-state index contributed by atoms with van der Waals surface area (Å²) in [5, 5.41) is 8.90. The molecule has 1 heterocycles. The van der Waals surface area contributed by atoms with Crippen molar-refractivity contribution in [3.8, 4) is 0 Å². The smallest absolute Gasteiger partial charge is 0.258 e. The molecule has 12 heavy (non-hydrogen) atoms. The van der Waals surface area contributed by atoms with Gasteiger partial charge in [-0.2, -0.15) is 0 Å². The number of rotatable bonds is 1. The Balaban J connectivity index is 2.78. The minimum absolute atomic E-state index is 0.152. The molecule has 0 spiro atoms. The van der Waals surface area contributed by atoms with Crippen LogP contribution in [0, 0.1) is 5.41 Å². The van der Waals surface area contributed by atoms with Gasteiger partial charge in [0.1, 0.15) is 0 Å². The largest absolute Gasteiger partial charge is 0.396 e. The highest BCUT2D eigenvalue weighted by atomic mass is 19.3. The summed E-state index contributed by atoms with van der Waals surface area (Å²) in [4.78, 5) is 1.83. The van der Waals surface area contributed by atoms with Crippen molar-refractivity contribution in [3.05, 3.63) is 0 Å². The zero-order valence-electron chi connectivity index (χ0n) is 7.48. The predicted molar refractivity (Wildman–Crippen MR) is 42.3 cm³/mol. The van der Waals surface area contributed by atoms with Crippen molar-refractivity contribution in [2.24, 2.45) is 5.41 Å². The van der Waals surface area contributed by atoms with Crippen LogP contribution in [0.15, 0.2) is 0 Å². The van der Waals surface area contributed by atoms with Crippen molar-refractivity contribution >= 4 is 0 Å². The highest BCUT2D eigenvalue weighted by Gasteiger charge is 2.52. The Morgan fingerprint density at radius 2 is 2.08 bits per heavy atom. The van der Waals surface area contributed by atoms with Gasteiger partial charge >= 0.3 is 0 Å². The fourth-order valence-corrected chi connectivity index (χ4v) is 1.59. The third-order valence-corrected chi connectivity index (χ3v) is 2.66. The Morgan fingerprint density at radius 1 is 1.50 bits per heavy atom. The van der Waals surface area contributed by atoms with Gasteiger partial charge in [-0.1, -0.05) is 6.92 Å².